The molecule has 0 radical (unpaired) electrons. The summed E-state index contributed by atoms with van der Waals surface area (Å²) in [6, 6.07) is 5.84. The Kier molecular flexibility index (Phi) is 3.75. The molecule has 0 saturated carbocycles. The Morgan fingerprint density at radius 1 is 1.50 bits per heavy atom. The maximum Gasteiger partial charge on any atom is 0.152 e. The van der Waals surface area contributed by atoms with Gasteiger partial charge in [0.05, 0.1) is 5.69 Å². The van der Waals surface area contributed by atoms with Crippen LogP contribution < -0.4 is 5.32 Å². The third-order valence-corrected chi connectivity index (χ3v) is 2.23. The van der Waals surface area contributed by atoms with E-state index in [4.69, 9.17) is 11.6 Å². The summed E-state index contributed by atoms with van der Waals surface area (Å²) in [5, 5.41) is 3.63. The Labute approximate surface area is 93.5 Å². The molecule has 0 amide bonds. The van der Waals surface area contributed by atoms with Gasteiger partial charge in [0.15, 0.2) is 5.15 Å². The number of halogens is 2. The number of aromatic nitrogens is 2. The molecule has 0 aliphatic heterocycles. The van der Waals surface area contributed by atoms with E-state index in [9.17, 15) is 0 Å². The van der Waals surface area contributed by atoms with E-state index in [0.29, 0.717) is 5.15 Å². The van der Waals surface area contributed by atoms with Crippen LogP contribution in [-0.4, -0.2) is 16.4 Å². The fourth-order valence-electron chi connectivity index (χ4n) is 1.34. The average Bonchev–Trinajstić information content (AvgIpc) is 2.44. The summed E-state index contributed by atoms with van der Waals surface area (Å²) in [4.78, 5) is 4.22. The first-order chi connectivity index (χ1) is 6.33. The van der Waals surface area contributed by atoms with Crippen LogP contribution in [-0.2, 0) is 6.54 Å². The molecule has 2 aromatic heterocycles. The summed E-state index contributed by atoms with van der Waals surface area (Å²) < 4.78 is 1.98. The predicted molar refractivity (Wildman–Crippen MR) is 60.2 cm³/mol. The fraction of sp³-hybridized carbons (Fsp3) is 0.222. The van der Waals surface area contributed by atoms with E-state index in [1.54, 1.807) is 0 Å². The molecule has 0 saturated heterocycles. The first-order valence-electron chi connectivity index (χ1n) is 4.09. The number of nitrogens with one attached hydrogen (secondary N) is 1. The second kappa shape index (κ2) is 4.64. The molecule has 0 aromatic carbocycles. The van der Waals surface area contributed by atoms with Crippen molar-refractivity contribution >= 4 is 29.7 Å². The second-order valence-electron chi connectivity index (χ2n) is 2.81. The fourth-order valence-corrected chi connectivity index (χ4v) is 1.59. The van der Waals surface area contributed by atoms with E-state index in [0.717, 1.165) is 17.9 Å². The summed E-state index contributed by atoms with van der Waals surface area (Å²) in [6.07, 6.45) is 1.96. The van der Waals surface area contributed by atoms with Crippen LogP contribution >= 0.6 is 24.0 Å². The normalized spacial score (nSPS) is 10.1. The van der Waals surface area contributed by atoms with Crippen molar-refractivity contribution in [1.29, 1.82) is 0 Å². The number of nitrogens with zero attached hydrogens (tertiary/aromatic N) is 2. The molecular weight excluding hydrogens is 221 g/mol. The smallest absolute Gasteiger partial charge is 0.152 e. The summed E-state index contributed by atoms with van der Waals surface area (Å²) >= 11 is 5.97. The van der Waals surface area contributed by atoms with Gasteiger partial charge < -0.3 is 9.72 Å². The molecule has 2 rings (SSSR count). The van der Waals surface area contributed by atoms with Gasteiger partial charge in [0.2, 0.25) is 0 Å². The van der Waals surface area contributed by atoms with Crippen LogP contribution in [0.15, 0.2) is 24.4 Å². The highest BCUT2D eigenvalue weighted by Gasteiger charge is 2.07. The van der Waals surface area contributed by atoms with Crippen molar-refractivity contribution in [3.63, 3.8) is 0 Å². The van der Waals surface area contributed by atoms with Crippen molar-refractivity contribution in [2.75, 3.05) is 7.05 Å². The standard InChI is InChI=1S/C9H10ClN3.ClH/c1-11-6-7-9(10)12-8-4-2-3-5-13(7)8;/h2-5,11H,6H2,1H3;1H. The number of rotatable bonds is 2. The molecule has 1 N–H and O–H groups in total. The van der Waals surface area contributed by atoms with Crippen LogP contribution in [0.4, 0.5) is 0 Å². The van der Waals surface area contributed by atoms with Crippen molar-refractivity contribution in [2.45, 2.75) is 6.54 Å². The van der Waals surface area contributed by atoms with Crippen molar-refractivity contribution in [3.05, 3.63) is 35.2 Å². The predicted octanol–water partition coefficient (Wildman–Crippen LogP) is 2.13. The Bertz CT molecular complexity index is 425. The lowest BCUT2D eigenvalue weighted by Crippen LogP contribution is -2.07. The Balaban J connectivity index is 0.000000980. The van der Waals surface area contributed by atoms with Gasteiger partial charge in [-0.2, -0.15) is 0 Å². The Morgan fingerprint density at radius 2 is 2.29 bits per heavy atom. The number of fused-ring (bicyclic) bond motifs is 1. The molecule has 0 unspecified atom stereocenters. The largest absolute Gasteiger partial charge is 0.314 e. The minimum atomic E-state index is 0. The summed E-state index contributed by atoms with van der Waals surface area (Å²) in [6.45, 7) is 0.726. The van der Waals surface area contributed by atoms with Gasteiger partial charge in [0, 0.05) is 12.7 Å². The molecule has 2 heterocycles. The highest BCUT2D eigenvalue weighted by atomic mass is 35.5. The molecule has 76 valence electrons. The topological polar surface area (TPSA) is 29.3 Å². The van der Waals surface area contributed by atoms with E-state index >= 15 is 0 Å². The maximum atomic E-state index is 5.97. The molecule has 2 aromatic rings. The van der Waals surface area contributed by atoms with E-state index in [-0.39, 0.29) is 12.4 Å². The lowest BCUT2D eigenvalue weighted by molar-refractivity contribution is 0.782. The van der Waals surface area contributed by atoms with Crippen LogP contribution in [0, 0.1) is 0 Å². The molecule has 0 fully saturated rings. The molecule has 0 aliphatic carbocycles. The Hall–Kier alpha value is -0.770. The lowest BCUT2D eigenvalue weighted by atomic mass is 10.4. The zero-order chi connectivity index (χ0) is 9.26. The van der Waals surface area contributed by atoms with Gasteiger partial charge in [-0.1, -0.05) is 17.7 Å². The SMILES string of the molecule is CNCc1c(Cl)nc2ccccn12.Cl. The number of hydrogen-bond acceptors (Lipinski definition) is 2. The molecule has 0 bridgehead atoms. The van der Waals surface area contributed by atoms with Gasteiger partial charge in [-0.3, -0.25) is 0 Å². The third kappa shape index (κ3) is 1.85. The molecule has 0 spiro atoms. The van der Waals surface area contributed by atoms with Gasteiger partial charge >= 0.3 is 0 Å². The van der Waals surface area contributed by atoms with Gasteiger partial charge in [-0.25, -0.2) is 4.98 Å². The van der Waals surface area contributed by atoms with Crippen LogP contribution in [0.1, 0.15) is 5.69 Å². The van der Waals surface area contributed by atoms with Gasteiger partial charge in [0.1, 0.15) is 5.65 Å². The van der Waals surface area contributed by atoms with E-state index in [1.807, 2.05) is 35.8 Å². The molecule has 3 nitrogen and oxygen atoms in total. The maximum absolute atomic E-state index is 5.97. The monoisotopic (exact) mass is 231 g/mol. The number of pyridine rings is 1. The zero-order valence-corrected chi connectivity index (χ0v) is 9.27. The summed E-state index contributed by atoms with van der Waals surface area (Å²) in [7, 11) is 1.89. The second-order valence-corrected chi connectivity index (χ2v) is 3.17. The third-order valence-electron chi connectivity index (χ3n) is 1.92. The van der Waals surface area contributed by atoms with Gasteiger partial charge in [-0.05, 0) is 19.2 Å². The molecule has 14 heavy (non-hydrogen) atoms. The number of hydrogen-bond donors (Lipinski definition) is 1. The highest BCUT2D eigenvalue weighted by Crippen LogP contribution is 2.16. The van der Waals surface area contributed by atoms with Crippen LogP contribution in [0.25, 0.3) is 5.65 Å². The van der Waals surface area contributed by atoms with Gasteiger partial charge in [-0.15, -0.1) is 12.4 Å². The number of imidazole rings is 1. The van der Waals surface area contributed by atoms with Crippen molar-refractivity contribution in [2.24, 2.45) is 0 Å². The average molecular weight is 232 g/mol. The lowest BCUT2D eigenvalue weighted by Gasteiger charge is -1.99. The first kappa shape index (κ1) is 11.3. The van der Waals surface area contributed by atoms with Crippen LogP contribution in [0.5, 0.6) is 0 Å². The molecular formula is C9H11Cl2N3. The minimum Gasteiger partial charge on any atom is -0.314 e. The van der Waals surface area contributed by atoms with E-state index < -0.39 is 0 Å². The molecule has 0 aliphatic rings. The zero-order valence-electron chi connectivity index (χ0n) is 7.70. The van der Waals surface area contributed by atoms with Crippen molar-refractivity contribution < 1.29 is 0 Å². The highest BCUT2D eigenvalue weighted by molar-refractivity contribution is 6.30. The quantitative estimate of drug-likeness (QED) is 0.859. The van der Waals surface area contributed by atoms with Crippen molar-refractivity contribution in [1.82, 2.24) is 14.7 Å². The van der Waals surface area contributed by atoms with Gasteiger partial charge in [0.25, 0.3) is 0 Å². The van der Waals surface area contributed by atoms with E-state index in [1.165, 1.54) is 0 Å². The van der Waals surface area contributed by atoms with E-state index in [2.05, 4.69) is 10.3 Å². The minimum absolute atomic E-state index is 0. The van der Waals surface area contributed by atoms with Crippen LogP contribution in [0.2, 0.25) is 5.15 Å². The van der Waals surface area contributed by atoms with Crippen molar-refractivity contribution in [3.8, 4) is 0 Å². The molecule has 0 atom stereocenters. The summed E-state index contributed by atoms with van der Waals surface area (Å²) in [5.41, 5.74) is 1.89. The van der Waals surface area contributed by atoms with Crippen LogP contribution in [0.3, 0.4) is 0 Å². The molecule has 5 heteroatoms. The Morgan fingerprint density at radius 3 is 3.00 bits per heavy atom. The first-order valence-corrected chi connectivity index (χ1v) is 4.47. The summed E-state index contributed by atoms with van der Waals surface area (Å²) in [5.74, 6) is 0.